The van der Waals surface area contributed by atoms with Crippen molar-refractivity contribution in [1.82, 2.24) is 4.98 Å². The number of nitrogens with one attached hydrogen (secondary N) is 1. The molecule has 0 radical (unpaired) electrons. The van der Waals surface area contributed by atoms with Gasteiger partial charge in [-0.1, -0.05) is 25.1 Å². The molecular formula is C18H22N2O2. The number of aliphatic hydroxyl groups is 1. The summed E-state index contributed by atoms with van der Waals surface area (Å²) in [6.45, 7) is 3.77. The number of benzene rings is 1. The Balaban J connectivity index is 1.88. The molecule has 116 valence electrons. The zero-order valence-corrected chi connectivity index (χ0v) is 12.9. The number of aromatic nitrogens is 1. The molecule has 1 aliphatic heterocycles. The van der Waals surface area contributed by atoms with Gasteiger partial charge in [-0.15, -0.1) is 0 Å². The molecule has 1 aromatic carbocycles. The smallest absolute Gasteiger partial charge is 0.248 e. The summed E-state index contributed by atoms with van der Waals surface area (Å²) in [5.41, 5.74) is 4.12. The molecule has 4 heteroatoms. The number of β-amino-alcohol motifs (C(OH)–C–C–N with tert-alkyl or cyclic N) is 1. The van der Waals surface area contributed by atoms with E-state index in [2.05, 4.69) is 28.9 Å². The Hall–Kier alpha value is -2.07. The number of nitrogens with zero attached hydrogens (tertiary/aromatic N) is 1. The second-order valence-electron chi connectivity index (χ2n) is 5.87. The molecule has 2 aromatic rings. The molecule has 2 heterocycles. The van der Waals surface area contributed by atoms with Crippen molar-refractivity contribution in [3.8, 4) is 11.3 Å². The minimum Gasteiger partial charge on any atom is -0.391 e. The molecule has 0 aliphatic carbocycles. The number of rotatable bonds is 3. The summed E-state index contributed by atoms with van der Waals surface area (Å²) in [6.07, 6.45) is 2.56. The molecule has 1 aliphatic rings. The number of aromatic amines is 1. The van der Waals surface area contributed by atoms with Crippen LogP contribution in [0.25, 0.3) is 11.3 Å². The number of hydrogen-bond acceptors (Lipinski definition) is 3. The highest BCUT2D eigenvalue weighted by atomic mass is 16.3. The topological polar surface area (TPSA) is 56.3 Å². The highest BCUT2D eigenvalue weighted by Crippen LogP contribution is 2.25. The van der Waals surface area contributed by atoms with E-state index >= 15 is 0 Å². The molecule has 4 nitrogen and oxygen atoms in total. The Morgan fingerprint density at radius 3 is 2.68 bits per heavy atom. The lowest BCUT2D eigenvalue weighted by atomic mass is 10.0. The Morgan fingerprint density at radius 2 is 2.00 bits per heavy atom. The Kier molecular flexibility index (Phi) is 4.29. The molecule has 0 saturated carbocycles. The number of hydrogen-bond donors (Lipinski definition) is 2. The zero-order valence-electron chi connectivity index (χ0n) is 12.9. The molecule has 1 saturated heterocycles. The first-order valence-corrected chi connectivity index (χ1v) is 7.93. The summed E-state index contributed by atoms with van der Waals surface area (Å²) < 4.78 is 0. The van der Waals surface area contributed by atoms with Crippen molar-refractivity contribution in [2.75, 3.05) is 18.0 Å². The molecular weight excluding hydrogens is 276 g/mol. The van der Waals surface area contributed by atoms with Gasteiger partial charge >= 0.3 is 0 Å². The summed E-state index contributed by atoms with van der Waals surface area (Å²) in [6, 6.07) is 11.7. The molecule has 1 aromatic heterocycles. The molecule has 1 atom stereocenters. The van der Waals surface area contributed by atoms with Crippen LogP contribution in [-0.2, 0) is 6.42 Å². The van der Waals surface area contributed by atoms with E-state index < -0.39 is 0 Å². The van der Waals surface area contributed by atoms with Gasteiger partial charge in [0.25, 0.3) is 0 Å². The van der Waals surface area contributed by atoms with Gasteiger partial charge in [0.1, 0.15) is 0 Å². The van der Waals surface area contributed by atoms with Gasteiger partial charge in [-0.25, -0.2) is 0 Å². The van der Waals surface area contributed by atoms with E-state index in [9.17, 15) is 9.90 Å². The van der Waals surface area contributed by atoms with Crippen molar-refractivity contribution in [3.63, 3.8) is 0 Å². The van der Waals surface area contributed by atoms with Crippen LogP contribution in [0.3, 0.4) is 0 Å². The summed E-state index contributed by atoms with van der Waals surface area (Å²) in [5.74, 6) is 0. The average Bonchev–Trinajstić information content (AvgIpc) is 2.55. The first-order chi connectivity index (χ1) is 10.7. The van der Waals surface area contributed by atoms with Gasteiger partial charge in [-0.2, -0.15) is 0 Å². The zero-order chi connectivity index (χ0) is 15.5. The highest BCUT2D eigenvalue weighted by Gasteiger charge is 2.17. The lowest BCUT2D eigenvalue weighted by molar-refractivity contribution is 0.154. The molecule has 0 bridgehead atoms. The van der Waals surface area contributed by atoms with Crippen LogP contribution in [0.5, 0.6) is 0 Å². The number of H-pyrrole nitrogens is 1. The summed E-state index contributed by atoms with van der Waals surface area (Å²) in [4.78, 5) is 16.7. The van der Waals surface area contributed by atoms with Gasteiger partial charge in [0.15, 0.2) is 0 Å². The van der Waals surface area contributed by atoms with Crippen LogP contribution in [0, 0.1) is 0 Å². The second-order valence-corrected chi connectivity index (χ2v) is 5.87. The predicted molar refractivity (Wildman–Crippen MR) is 89.3 cm³/mol. The fraction of sp³-hybridized carbons (Fsp3) is 0.389. The number of anilines is 1. The van der Waals surface area contributed by atoms with E-state index in [-0.39, 0.29) is 11.7 Å². The van der Waals surface area contributed by atoms with Crippen molar-refractivity contribution >= 4 is 5.69 Å². The van der Waals surface area contributed by atoms with E-state index in [1.165, 1.54) is 0 Å². The lowest BCUT2D eigenvalue weighted by Crippen LogP contribution is -2.38. The Labute approximate surface area is 130 Å². The normalized spacial score (nSPS) is 18.5. The third-order valence-corrected chi connectivity index (χ3v) is 4.30. The molecule has 0 spiro atoms. The lowest BCUT2D eigenvalue weighted by Gasteiger charge is -2.32. The molecule has 0 unspecified atom stereocenters. The van der Waals surface area contributed by atoms with Crippen molar-refractivity contribution in [3.05, 3.63) is 52.3 Å². The number of pyridine rings is 1. The van der Waals surface area contributed by atoms with Crippen LogP contribution in [0.2, 0.25) is 0 Å². The van der Waals surface area contributed by atoms with Crippen LogP contribution in [-0.4, -0.2) is 29.3 Å². The number of piperidine rings is 1. The van der Waals surface area contributed by atoms with E-state index in [1.54, 1.807) is 6.07 Å². The van der Waals surface area contributed by atoms with Crippen LogP contribution < -0.4 is 10.5 Å². The SMILES string of the molecule is CCc1ccc(=O)[nH]c1-c1ccc(N2CCC[C@@H](O)C2)cc1. The number of aliphatic hydroxyl groups excluding tert-OH is 1. The van der Waals surface area contributed by atoms with E-state index in [1.807, 2.05) is 18.2 Å². The van der Waals surface area contributed by atoms with Gasteiger partial charge in [-0.05, 0) is 42.5 Å². The summed E-state index contributed by atoms with van der Waals surface area (Å²) in [7, 11) is 0. The summed E-state index contributed by atoms with van der Waals surface area (Å²) >= 11 is 0. The van der Waals surface area contributed by atoms with Crippen molar-refractivity contribution < 1.29 is 5.11 Å². The van der Waals surface area contributed by atoms with Crippen molar-refractivity contribution in [2.45, 2.75) is 32.3 Å². The first kappa shape index (κ1) is 14.9. The maximum Gasteiger partial charge on any atom is 0.248 e. The molecule has 0 amide bonds. The maximum absolute atomic E-state index is 11.6. The number of aryl methyl sites for hydroxylation is 1. The Morgan fingerprint density at radius 1 is 1.23 bits per heavy atom. The van der Waals surface area contributed by atoms with Gasteiger partial charge < -0.3 is 15.0 Å². The fourth-order valence-corrected chi connectivity index (χ4v) is 3.09. The minimum absolute atomic E-state index is 0.0737. The monoisotopic (exact) mass is 298 g/mol. The maximum atomic E-state index is 11.6. The molecule has 22 heavy (non-hydrogen) atoms. The Bertz CT molecular complexity index is 691. The van der Waals surface area contributed by atoms with Crippen LogP contribution >= 0.6 is 0 Å². The minimum atomic E-state index is -0.231. The average molecular weight is 298 g/mol. The van der Waals surface area contributed by atoms with E-state index in [0.29, 0.717) is 6.54 Å². The van der Waals surface area contributed by atoms with Crippen LogP contribution in [0.4, 0.5) is 5.69 Å². The summed E-state index contributed by atoms with van der Waals surface area (Å²) in [5, 5.41) is 9.79. The molecule has 1 fully saturated rings. The second kappa shape index (κ2) is 6.36. The van der Waals surface area contributed by atoms with Crippen molar-refractivity contribution in [2.24, 2.45) is 0 Å². The standard InChI is InChI=1S/C18H22N2O2/c1-2-13-7-10-17(22)19-18(13)14-5-8-15(9-6-14)20-11-3-4-16(21)12-20/h5-10,16,21H,2-4,11-12H2,1H3,(H,19,22)/t16-/m1/s1. The highest BCUT2D eigenvalue weighted by molar-refractivity contribution is 5.66. The van der Waals surface area contributed by atoms with Gasteiger partial charge in [0, 0.05) is 24.8 Å². The van der Waals surface area contributed by atoms with Crippen LogP contribution in [0.15, 0.2) is 41.2 Å². The fourth-order valence-electron chi connectivity index (χ4n) is 3.09. The molecule has 3 rings (SSSR count). The van der Waals surface area contributed by atoms with Gasteiger partial charge in [0.05, 0.1) is 11.8 Å². The van der Waals surface area contributed by atoms with Crippen molar-refractivity contribution in [1.29, 1.82) is 0 Å². The van der Waals surface area contributed by atoms with E-state index in [4.69, 9.17) is 0 Å². The van der Waals surface area contributed by atoms with E-state index in [0.717, 1.165) is 48.3 Å². The predicted octanol–water partition coefficient (Wildman–Crippen LogP) is 2.57. The van der Waals surface area contributed by atoms with Gasteiger partial charge in [0.2, 0.25) is 5.56 Å². The van der Waals surface area contributed by atoms with Gasteiger partial charge in [-0.3, -0.25) is 4.79 Å². The molecule has 2 N–H and O–H groups in total. The third kappa shape index (κ3) is 3.07. The first-order valence-electron chi connectivity index (χ1n) is 7.93. The quantitative estimate of drug-likeness (QED) is 0.915. The largest absolute Gasteiger partial charge is 0.391 e. The van der Waals surface area contributed by atoms with Crippen LogP contribution in [0.1, 0.15) is 25.3 Å². The third-order valence-electron chi connectivity index (χ3n) is 4.30.